The Labute approximate surface area is 132 Å². The topological polar surface area (TPSA) is 71.2 Å². The number of H-pyrrole nitrogens is 1. The molecule has 3 rings (SSSR count). The van der Waals surface area contributed by atoms with E-state index in [1.165, 1.54) is 7.11 Å². The van der Waals surface area contributed by atoms with E-state index < -0.39 is 11.5 Å². The van der Waals surface area contributed by atoms with Crippen molar-refractivity contribution in [1.29, 1.82) is 0 Å². The van der Waals surface area contributed by atoms with Crippen LogP contribution < -0.4 is 10.9 Å². The monoisotopic (exact) mass is 308 g/mol. The second-order valence-corrected chi connectivity index (χ2v) is 5.08. The Balaban J connectivity index is 2.11. The van der Waals surface area contributed by atoms with Crippen molar-refractivity contribution in [2.75, 3.05) is 12.4 Å². The van der Waals surface area contributed by atoms with E-state index in [0.717, 1.165) is 10.9 Å². The van der Waals surface area contributed by atoms with E-state index in [1.54, 1.807) is 6.07 Å². The molecule has 5 nitrogen and oxygen atoms in total. The number of aromatic nitrogens is 1. The van der Waals surface area contributed by atoms with Crippen molar-refractivity contribution in [2.24, 2.45) is 0 Å². The van der Waals surface area contributed by atoms with Crippen LogP contribution in [-0.2, 0) is 11.3 Å². The average Bonchev–Trinajstić information content (AvgIpc) is 2.59. The third kappa shape index (κ3) is 2.94. The molecular formula is C18H16N2O3. The summed E-state index contributed by atoms with van der Waals surface area (Å²) in [5.74, 6) is -0.660. The summed E-state index contributed by atoms with van der Waals surface area (Å²) in [6, 6.07) is 17.1. The molecule has 2 aromatic carbocycles. The predicted octanol–water partition coefficient (Wildman–Crippen LogP) is 2.93. The van der Waals surface area contributed by atoms with Crippen molar-refractivity contribution >= 4 is 22.6 Å². The van der Waals surface area contributed by atoms with E-state index in [-0.39, 0.29) is 5.56 Å². The highest BCUT2D eigenvalue weighted by molar-refractivity contribution is 6.04. The quantitative estimate of drug-likeness (QED) is 0.727. The van der Waals surface area contributed by atoms with E-state index >= 15 is 0 Å². The summed E-state index contributed by atoms with van der Waals surface area (Å²) in [4.78, 5) is 27.0. The third-order valence-corrected chi connectivity index (χ3v) is 3.62. The summed E-state index contributed by atoms with van der Waals surface area (Å²) in [5, 5.41) is 3.97. The SMILES string of the molecule is COC(=O)c1c(NCc2ccccc2)c2ccccc2[nH]c1=O. The summed E-state index contributed by atoms with van der Waals surface area (Å²) in [6.45, 7) is 0.498. The first kappa shape index (κ1) is 14.8. The Morgan fingerprint density at radius 2 is 1.78 bits per heavy atom. The average molecular weight is 308 g/mol. The number of hydrogen-bond acceptors (Lipinski definition) is 4. The maximum Gasteiger partial charge on any atom is 0.345 e. The fraction of sp³-hybridized carbons (Fsp3) is 0.111. The Morgan fingerprint density at radius 3 is 2.52 bits per heavy atom. The maximum atomic E-state index is 12.3. The van der Waals surface area contributed by atoms with Gasteiger partial charge in [-0.2, -0.15) is 0 Å². The highest BCUT2D eigenvalue weighted by Crippen LogP contribution is 2.24. The van der Waals surface area contributed by atoms with Crippen LogP contribution in [-0.4, -0.2) is 18.1 Å². The lowest BCUT2D eigenvalue weighted by molar-refractivity contribution is 0.0600. The minimum atomic E-state index is -0.660. The number of benzene rings is 2. The van der Waals surface area contributed by atoms with Crippen molar-refractivity contribution in [2.45, 2.75) is 6.54 Å². The number of rotatable bonds is 4. The maximum absolute atomic E-state index is 12.3. The number of fused-ring (bicyclic) bond motifs is 1. The summed E-state index contributed by atoms with van der Waals surface area (Å²) in [5.41, 5.74) is 1.72. The van der Waals surface area contributed by atoms with Crippen molar-refractivity contribution in [3.8, 4) is 0 Å². The minimum absolute atomic E-state index is 0.0119. The van der Waals surface area contributed by atoms with Gasteiger partial charge >= 0.3 is 5.97 Å². The zero-order valence-electron chi connectivity index (χ0n) is 12.6. The summed E-state index contributed by atoms with van der Waals surface area (Å²) >= 11 is 0. The van der Waals surface area contributed by atoms with E-state index in [2.05, 4.69) is 10.3 Å². The van der Waals surface area contributed by atoms with Crippen LogP contribution in [0.3, 0.4) is 0 Å². The molecule has 0 aliphatic carbocycles. The molecular weight excluding hydrogens is 292 g/mol. The van der Waals surface area contributed by atoms with E-state index in [9.17, 15) is 9.59 Å². The molecule has 0 bridgehead atoms. The van der Waals surface area contributed by atoms with Gasteiger partial charge in [0, 0.05) is 11.9 Å². The third-order valence-electron chi connectivity index (χ3n) is 3.62. The van der Waals surface area contributed by atoms with Gasteiger partial charge in [0.05, 0.1) is 18.3 Å². The van der Waals surface area contributed by atoms with Crippen LogP contribution in [0.15, 0.2) is 59.4 Å². The number of aromatic amines is 1. The number of nitrogens with one attached hydrogen (secondary N) is 2. The normalized spacial score (nSPS) is 10.5. The predicted molar refractivity (Wildman–Crippen MR) is 89.7 cm³/mol. The standard InChI is InChI=1S/C18H16N2O3/c1-23-18(22)15-16(19-11-12-7-3-2-4-8-12)13-9-5-6-10-14(13)20-17(15)21/h2-10H,11H2,1H3,(H2,19,20,21). The van der Waals surface area contributed by atoms with Crippen LogP contribution in [0.2, 0.25) is 0 Å². The molecule has 1 heterocycles. The second-order valence-electron chi connectivity index (χ2n) is 5.08. The summed E-state index contributed by atoms with van der Waals surface area (Å²) < 4.78 is 4.76. The Hall–Kier alpha value is -3.08. The van der Waals surface area contributed by atoms with Gasteiger partial charge in [-0.25, -0.2) is 4.79 Å². The number of hydrogen-bond donors (Lipinski definition) is 2. The molecule has 0 saturated carbocycles. The molecule has 0 aliphatic heterocycles. The largest absolute Gasteiger partial charge is 0.465 e. The number of carbonyl (C=O) groups excluding carboxylic acids is 1. The lowest BCUT2D eigenvalue weighted by atomic mass is 10.1. The van der Waals surface area contributed by atoms with E-state index in [1.807, 2.05) is 48.5 Å². The van der Waals surface area contributed by atoms with Crippen LogP contribution in [0.4, 0.5) is 5.69 Å². The van der Waals surface area contributed by atoms with Crippen molar-refractivity contribution < 1.29 is 9.53 Å². The molecule has 0 saturated heterocycles. The number of pyridine rings is 1. The van der Waals surface area contributed by atoms with Crippen molar-refractivity contribution in [1.82, 2.24) is 4.98 Å². The number of para-hydroxylation sites is 1. The van der Waals surface area contributed by atoms with Gasteiger partial charge < -0.3 is 15.0 Å². The molecule has 2 N–H and O–H groups in total. The highest BCUT2D eigenvalue weighted by atomic mass is 16.5. The second kappa shape index (κ2) is 6.36. The molecule has 0 spiro atoms. The zero-order chi connectivity index (χ0) is 16.2. The van der Waals surface area contributed by atoms with Crippen LogP contribution in [0.1, 0.15) is 15.9 Å². The molecule has 116 valence electrons. The Kier molecular flexibility index (Phi) is 4.10. The number of methoxy groups -OCH3 is 1. The van der Waals surface area contributed by atoms with Gasteiger partial charge in [0.2, 0.25) is 0 Å². The molecule has 0 radical (unpaired) electrons. The molecule has 0 fully saturated rings. The van der Waals surface area contributed by atoms with Gasteiger partial charge in [-0.05, 0) is 11.6 Å². The van der Waals surface area contributed by atoms with Gasteiger partial charge in [0.1, 0.15) is 5.56 Å². The molecule has 0 amide bonds. The Morgan fingerprint density at radius 1 is 1.09 bits per heavy atom. The first-order valence-corrected chi connectivity index (χ1v) is 7.22. The molecule has 1 aromatic heterocycles. The fourth-order valence-electron chi connectivity index (χ4n) is 2.51. The lowest BCUT2D eigenvalue weighted by Gasteiger charge is -2.13. The highest BCUT2D eigenvalue weighted by Gasteiger charge is 2.19. The summed E-state index contributed by atoms with van der Waals surface area (Å²) in [7, 11) is 1.26. The van der Waals surface area contributed by atoms with Gasteiger partial charge in [-0.1, -0.05) is 48.5 Å². The van der Waals surface area contributed by atoms with Crippen molar-refractivity contribution in [3.63, 3.8) is 0 Å². The zero-order valence-corrected chi connectivity index (χ0v) is 12.6. The van der Waals surface area contributed by atoms with Crippen LogP contribution in [0, 0.1) is 0 Å². The first-order valence-electron chi connectivity index (χ1n) is 7.22. The van der Waals surface area contributed by atoms with Crippen LogP contribution in [0.5, 0.6) is 0 Å². The lowest BCUT2D eigenvalue weighted by Crippen LogP contribution is -2.22. The fourth-order valence-corrected chi connectivity index (χ4v) is 2.51. The number of carbonyl (C=O) groups is 1. The van der Waals surface area contributed by atoms with Gasteiger partial charge in [0.15, 0.2) is 0 Å². The molecule has 3 aromatic rings. The Bertz CT molecular complexity index is 901. The minimum Gasteiger partial charge on any atom is -0.465 e. The van der Waals surface area contributed by atoms with E-state index in [4.69, 9.17) is 4.74 Å². The van der Waals surface area contributed by atoms with Crippen LogP contribution in [0.25, 0.3) is 10.9 Å². The van der Waals surface area contributed by atoms with Gasteiger partial charge in [-0.3, -0.25) is 4.79 Å². The van der Waals surface area contributed by atoms with E-state index in [0.29, 0.717) is 17.7 Å². The number of esters is 1. The van der Waals surface area contributed by atoms with Gasteiger partial charge in [0.25, 0.3) is 5.56 Å². The smallest absolute Gasteiger partial charge is 0.345 e. The molecule has 0 atom stereocenters. The number of ether oxygens (including phenoxy) is 1. The number of anilines is 1. The first-order chi connectivity index (χ1) is 11.2. The van der Waals surface area contributed by atoms with Crippen LogP contribution >= 0.6 is 0 Å². The summed E-state index contributed by atoms with van der Waals surface area (Å²) in [6.07, 6.45) is 0. The van der Waals surface area contributed by atoms with Gasteiger partial charge in [-0.15, -0.1) is 0 Å². The molecule has 0 aliphatic rings. The molecule has 5 heteroatoms. The molecule has 23 heavy (non-hydrogen) atoms. The van der Waals surface area contributed by atoms with Crippen molar-refractivity contribution in [3.05, 3.63) is 76.1 Å². The molecule has 0 unspecified atom stereocenters.